The van der Waals surface area contributed by atoms with Crippen molar-refractivity contribution in [3.05, 3.63) is 20.8 Å². The molecule has 0 atom stereocenters. The minimum atomic E-state index is -1.46. The Labute approximate surface area is 86.7 Å². The lowest BCUT2D eigenvalue weighted by molar-refractivity contribution is -0.150. The van der Waals surface area contributed by atoms with Crippen LogP contribution in [0.15, 0.2) is 15.9 Å². The summed E-state index contributed by atoms with van der Waals surface area (Å²) >= 11 is 4.70. The number of rotatable bonds is 2. The maximum Gasteiger partial charge on any atom is 0.394 e. The number of halogens is 1. The summed E-state index contributed by atoms with van der Waals surface area (Å²) in [4.78, 5) is 21.6. The summed E-state index contributed by atoms with van der Waals surface area (Å²) in [5, 5.41) is 12.4. The molecule has 13 heavy (non-hydrogen) atoms. The summed E-state index contributed by atoms with van der Waals surface area (Å²) in [6, 6.07) is 1.83. The Morgan fingerprint density at radius 3 is 2.77 bits per heavy atom. The van der Waals surface area contributed by atoms with E-state index < -0.39 is 11.9 Å². The minimum Gasteiger partial charge on any atom is -0.474 e. The number of carbonyl (C=O) groups is 2. The number of amides is 1. The number of carboxylic acids is 1. The van der Waals surface area contributed by atoms with Gasteiger partial charge in [0.15, 0.2) is 0 Å². The van der Waals surface area contributed by atoms with Crippen LogP contribution in [0.5, 0.6) is 0 Å². The molecule has 0 fully saturated rings. The molecule has 0 unspecified atom stereocenters. The van der Waals surface area contributed by atoms with Crippen molar-refractivity contribution in [3.63, 3.8) is 0 Å². The van der Waals surface area contributed by atoms with Crippen molar-refractivity contribution in [1.29, 1.82) is 0 Å². The molecule has 0 spiro atoms. The summed E-state index contributed by atoms with van der Waals surface area (Å²) in [6.07, 6.45) is 0. The Morgan fingerprint density at radius 1 is 1.62 bits per heavy atom. The van der Waals surface area contributed by atoms with Gasteiger partial charge >= 0.3 is 11.9 Å². The van der Waals surface area contributed by atoms with Crippen LogP contribution in [0.25, 0.3) is 0 Å². The molecule has 1 aromatic rings. The summed E-state index contributed by atoms with van der Waals surface area (Å²) < 4.78 is 0.928. The van der Waals surface area contributed by atoms with Gasteiger partial charge in [0.1, 0.15) is 0 Å². The SMILES string of the molecule is O=C(O)C(=O)NCc1cc(Br)cs1. The fourth-order valence-electron chi connectivity index (χ4n) is 0.690. The first-order valence-corrected chi connectivity index (χ1v) is 5.01. The molecule has 0 saturated heterocycles. The largest absolute Gasteiger partial charge is 0.474 e. The van der Waals surface area contributed by atoms with E-state index in [-0.39, 0.29) is 6.54 Å². The quantitative estimate of drug-likeness (QED) is 0.789. The number of hydrogen-bond donors (Lipinski definition) is 2. The monoisotopic (exact) mass is 263 g/mol. The zero-order valence-corrected chi connectivity index (χ0v) is 8.81. The highest BCUT2D eigenvalue weighted by molar-refractivity contribution is 9.10. The van der Waals surface area contributed by atoms with Gasteiger partial charge in [-0.2, -0.15) is 0 Å². The van der Waals surface area contributed by atoms with Gasteiger partial charge < -0.3 is 10.4 Å². The molecular formula is C7H6BrNO3S. The zero-order valence-electron chi connectivity index (χ0n) is 6.41. The fourth-order valence-corrected chi connectivity index (χ4v) is 2.08. The van der Waals surface area contributed by atoms with Crippen LogP contribution in [0, 0.1) is 0 Å². The van der Waals surface area contributed by atoms with Crippen LogP contribution in [0.2, 0.25) is 0 Å². The van der Waals surface area contributed by atoms with Crippen molar-refractivity contribution in [2.24, 2.45) is 0 Å². The molecule has 1 rings (SSSR count). The Hall–Kier alpha value is -0.880. The van der Waals surface area contributed by atoms with Crippen molar-refractivity contribution in [1.82, 2.24) is 5.32 Å². The molecule has 4 nitrogen and oxygen atoms in total. The first-order chi connectivity index (χ1) is 6.09. The molecule has 0 aliphatic heterocycles. The fraction of sp³-hybridized carbons (Fsp3) is 0.143. The van der Waals surface area contributed by atoms with Crippen molar-refractivity contribution < 1.29 is 14.7 Å². The Kier molecular flexibility index (Phi) is 3.44. The second-order valence-electron chi connectivity index (χ2n) is 2.22. The van der Waals surface area contributed by atoms with E-state index in [2.05, 4.69) is 21.2 Å². The van der Waals surface area contributed by atoms with E-state index in [1.165, 1.54) is 11.3 Å². The van der Waals surface area contributed by atoms with E-state index >= 15 is 0 Å². The highest BCUT2D eigenvalue weighted by atomic mass is 79.9. The summed E-state index contributed by atoms with van der Waals surface area (Å²) in [5.41, 5.74) is 0. The zero-order chi connectivity index (χ0) is 9.84. The Morgan fingerprint density at radius 2 is 2.31 bits per heavy atom. The van der Waals surface area contributed by atoms with E-state index in [4.69, 9.17) is 5.11 Å². The van der Waals surface area contributed by atoms with Gasteiger partial charge in [-0.15, -0.1) is 11.3 Å². The highest BCUT2D eigenvalue weighted by Crippen LogP contribution is 2.19. The van der Waals surface area contributed by atoms with Gasteiger partial charge in [0, 0.05) is 14.7 Å². The number of thiophene rings is 1. The van der Waals surface area contributed by atoms with Crippen molar-refractivity contribution >= 4 is 39.1 Å². The minimum absolute atomic E-state index is 0.251. The second kappa shape index (κ2) is 4.38. The Bertz CT molecular complexity index is 336. The number of nitrogens with one attached hydrogen (secondary N) is 1. The lowest BCUT2D eigenvalue weighted by Crippen LogP contribution is -2.29. The molecule has 1 aromatic heterocycles. The van der Waals surface area contributed by atoms with Gasteiger partial charge in [-0.1, -0.05) is 0 Å². The lowest BCUT2D eigenvalue weighted by atomic mass is 10.4. The maximum atomic E-state index is 10.6. The van der Waals surface area contributed by atoms with Crippen LogP contribution in [-0.4, -0.2) is 17.0 Å². The number of aliphatic carboxylic acids is 1. The predicted octanol–water partition coefficient (Wildman–Crippen LogP) is 1.21. The lowest BCUT2D eigenvalue weighted by Gasteiger charge is -1.97. The van der Waals surface area contributed by atoms with Gasteiger partial charge in [-0.05, 0) is 22.0 Å². The van der Waals surface area contributed by atoms with E-state index in [0.717, 1.165) is 9.35 Å². The first-order valence-electron chi connectivity index (χ1n) is 3.33. The smallest absolute Gasteiger partial charge is 0.394 e. The summed E-state index contributed by atoms with van der Waals surface area (Å²) in [6.45, 7) is 0.251. The third-order valence-corrected chi connectivity index (χ3v) is 2.94. The van der Waals surface area contributed by atoms with Crippen molar-refractivity contribution in [2.45, 2.75) is 6.54 Å². The van der Waals surface area contributed by atoms with Crippen LogP contribution in [-0.2, 0) is 16.1 Å². The molecule has 2 N–H and O–H groups in total. The third-order valence-electron chi connectivity index (χ3n) is 1.24. The van der Waals surface area contributed by atoms with Crippen LogP contribution < -0.4 is 5.32 Å². The summed E-state index contributed by atoms with van der Waals surface area (Å²) in [7, 11) is 0. The van der Waals surface area contributed by atoms with Crippen molar-refractivity contribution in [2.75, 3.05) is 0 Å². The molecular weight excluding hydrogens is 258 g/mol. The molecule has 0 aliphatic rings. The van der Waals surface area contributed by atoms with E-state index in [0.29, 0.717) is 0 Å². The number of carboxylic acid groups (broad SMARTS) is 1. The van der Waals surface area contributed by atoms with Gasteiger partial charge in [0.05, 0.1) is 6.54 Å². The normalized spacial score (nSPS) is 9.62. The number of carbonyl (C=O) groups excluding carboxylic acids is 1. The van der Waals surface area contributed by atoms with E-state index in [1.807, 2.05) is 11.4 Å². The molecule has 70 valence electrons. The van der Waals surface area contributed by atoms with Gasteiger partial charge in [0.25, 0.3) is 0 Å². The molecule has 6 heteroatoms. The molecule has 0 bridgehead atoms. The van der Waals surface area contributed by atoms with Crippen LogP contribution >= 0.6 is 27.3 Å². The van der Waals surface area contributed by atoms with Crippen LogP contribution in [0.1, 0.15) is 4.88 Å². The van der Waals surface area contributed by atoms with Crippen LogP contribution in [0.3, 0.4) is 0 Å². The van der Waals surface area contributed by atoms with Crippen molar-refractivity contribution in [3.8, 4) is 0 Å². The first kappa shape index (κ1) is 10.2. The second-order valence-corrected chi connectivity index (χ2v) is 4.13. The average molecular weight is 264 g/mol. The summed E-state index contributed by atoms with van der Waals surface area (Å²) in [5.74, 6) is -2.44. The average Bonchev–Trinajstić information content (AvgIpc) is 2.47. The van der Waals surface area contributed by atoms with E-state index in [9.17, 15) is 9.59 Å². The molecule has 1 heterocycles. The predicted molar refractivity (Wildman–Crippen MR) is 51.5 cm³/mol. The van der Waals surface area contributed by atoms with E-state index in [1.54, 1.807) is 0 Å². The highest BCUT2D eigenvalue weighted by Gasteiger charge is 2.10. The molecule has 1 amide bonds. The Balaban J connectivity index is 2.44. The molecule has 0 radical (unpaired) electrons. The number of hydrogen-bond acceptors (Lipinski definition) is 3. The standard InChI is InChI=1S/C7H6BrNO3S/c8-4-1-5(13-3-4)2-9-6(10)7(11)12/h1,3H,2H2,(H,9,10)(H,11,12). The topological polar surface area (TPSA) is 66.4 Å². The molecule has 0 aromatic carbocycles. The third kappa shape index (κ3) is 3.16. The molecule has 0 aliphatic carbocycles. The van der Waals surface area contributed by atoms with Gasteiger partial charge in [0.2, 0.25) is 0 Å². The molecule has 0 saturated carbocycles. The maximum absolute atomic E-state index is 10.6. The van der Waals surface area contributed by atoms with Gasteiger partial charge in [-0.3, -0.25) is 4.79 Å². The van der Waals surface area contributed by atoms with Gasteiger partial charge in [-0.25, -0.2) is 4.79 Å². The van der Waals surface area contributed by atoms with Crippen LogP contribution in [0.4, 0.5) is 0 Å².